The van der Waals surface area contributed by atoms with Crippen LogP contribution in [-0.4, -0.2) is 32.3 Å². The van der Waals surface area contributed by atoms with Crippen molar-refractivity contribution in [2.24, 2.45) is 0 Å². The minimum atomic E-state index is -0.464. The van der Waals surface area contributed by atoms with Crippen LogP contribution in [0.15, 0.2) is 54.2 Å². The van der Waals surface area contributed by atoms with Gasteiger partial charge in [0.25, 0.3) is 11.6 Å². The van der Waals surface area contributed by atoms with E-state index in [0.717, 1.165) is 29.1 Å². The highest BCUT2D eigenvalue weighted by Crippen LogP contribution is 2.25. The van der Waals surface area contributed by atoms with Gasteiger partial charge in [-0.05, 0) is 24.6 Å². The maximum absolute atomic E-state index is 12.4. The van der Waals surface area contributed by atoms with E-state index >= 15 is 0 Å². The standard InChI is InChI=1S/C20H17N5O3S/c26-20(15-11-14-3-1-4-17(25(27)28)19(14)24-15)22-8-2-5-18-23-16(12-29-18)13-6-9-21-10-7-13/h1,3-4,6-7,9-12,24H,2,5,8H2,(H,22,26). The molecule has 0 radical (unpaired) electrons. The number of nitrogens with zero attached hydrogens (tertiary/aromatic N) is 3. The molecule has 4 rings (SSSR count). The number of carbonyl (C=O) groups excluding carboxylic acids is 1. The first-order valence-electron chi connectivity index (χ1n) is 9.01. The van der Waals surface area contributed by atoms with Crippen LogP contribution in [-0.2, 0) is 6.42 Å². The monoisotopic (exact) mass is 407 g/mol. The molecule has 3 heterocycles. The average Bonchev–Trinajstić information content (AvgIpc) is 3.38. The second-order valence-corrected chi connectivity index (χ2v) is 7.35. The average molecular weight is 407 g/mol. The van der Waals surface area contributed by atoms with E-state index < -0.39 is 4.92 Å². The fraction of sp³-hybridized carbons (Fsp3) is 0.150. The molecule has 29 heavy (non-hydrogen) atoms. The first kappa shape index (κ1) is 18.8. The number of para-hydroxylation sites is 1. The first-order chi connectivity index (χ1) is 14.1. The van der Waals surface area contributed by atoms with Crippen LogP contribution in [0.2, 0.25) is 0 Å². The number of hydrogen-bond donors (Lipinski definition) is 2. The molecule has 0 atom stereocenters. The van der Waals surface area contributed by atoms with Crippen LogP contribution in [0.25, 0.3) is 22.2 Å². The van der Waals surface area contributed by atoms with Crippen molar-refractivity contribution in [3.05, 3.63) is 75.0 Å². The number of aryl methyl sites for hydroxylation is 1. The number of fused-ring (bicyclic) bond motifs is 1. The number of nitrogens with one attached hydrogen (secondary N) is 2. The SMILES string of the molecule is O=C(NCCCc1nc(-c2ccncc2)cs1)c1cc2cccc([N+](=O)[O-])c2[nH]1. The highest BCUT2D eigenvalue weighted by molar-refractivity contribution is 7.09. The highest BCUT2D eigenvalue weighted by atomic mass is 32.1. The maximum Gasteiger partial charge on any atom is 0.293 e. The van der Waals surface area contributed by atoms with Crippen LogP contribution in [0, 0.1) is 10.1 Å². The number of rotatable bonds is 7. The molecule has 1 amide bonds. The molecule has 0 spiro atoms. The summed E-state index contributed by atoms with van der Waals surface area (Å²) in [6, 6.07) is 10.2. The molecular weight excluding hydrogens is 390 g/mol. The van der Waals surface area contributed by atoms with Crippen molar-refractivity contribution in [2.45, 2.75) is 12.8 Å². The number of nitro groups is 1. The minimum absolute atomic E-state index is 0.0460. The third-order valence-electron chi connectivity index (χ3n) is 4.46. The zero-order chi connectivity index (χ0) is 20.2. The number of aromatic nitrogens is 3. The van der Waals surface area contributed by atoms with E-state index in [9.17, 15) is 14.9 Å². The summed E-state index contributed by atoms with van der Waals surface area (Å²) >= 11 is 1.59. The third kappa shape index (κ3) is 4.14. The Kier molecular flexibility index (Phi) is 5.30. The molecule has 3 aromatic heterocycles. The molecule has 9 heteroatoms. The third-order valence-corrected chi connectivity index (χ3v) is 5.36. The minimum Gasteiger partial charge on any atom is -0.351 e. The molecule has 0 unspecified atom stereocenters. The molecule has 0 saturated carbocycles. The molecule has 1 aromatic carbocycles. The topological polar surface area (TPSA) is 114 Å². The van der Waals surface area contributed by atoms with Gasteiger partial charge in [-0.3, -0.25) is 19.9 Å². The summed E-state index contributed by atoms with van der Waals surface area (Å²) in [5, 5.41) is 17.6. The van der Waals surface area contributed by atoms with Crippen molar-refractivity contribution >= 4 is 33.8 Å². The van der Waals surface area contributed by atoms with Gasteiger partial charge < -0.3 is 10.3 Å². The number of pyridine rings is 1. The van der Waals surface area contributed by atoms with Gasteiger partial charge in [-0.15, -0.1) is 11.3 Å². The highest BCUT2D eigenvalue weighted by Gasteiger charge is 2.16. The van der Waals surface area contributed by atoms with Gasteiger partial charge in [-0.25, -0.2) is 4.98 Å². The molecule has 0 aliphatic heterocycles. The van der Waals surface area contributed by atoms with Gasteiger partial charge >= 0.3 is 0 Å². The summed E-state index contributed by atoms with van der Waals surface area (Å²) in [6.45, 7) is 0.487. The quantitative estimate of drug-likeness (QED) is 0.273. The van der Waals surface area contributed by atoms with Crippen molar-refractivity contribution in [3.63, 3.8) is 0 Å². The molecule has 0 fully saturated rings. The van der Waals surface area contributed by atoms with Crippen molar-refractivity contribution in [1.82, 2.24) is 20.3 Å². The molecule has 4 aromatic rings. The Morgan fingerprint density at radius 1 is 1.24 bits per heavy atom. The summed E-state index contributed by atoms with van der Waals surface area (Å²) in [6.07, 6.45) is 4.98. The molecule has 0 saturated heterocycles. The Balaban J connectivity index is 1.33. The Hall–Kier alpha value is -3.59. The van der Waals surface area contributed by atoms with Crippen LogP contribution >= 0.6 is 11.3 Å². The normalized spacial score (nSPS) is 10.9. The Morgan fingerprint density at radius 3 is 2.86 bits per heavy atom. The van der Waals surface area contributed by atoms with Gasteiger partial charge in [0.05, 0.1) is 15.6 Å². The fourth-order valence-electron chi connectivity index (χ4n) is 3.03. The van der Waals surface area contributed by atoms with Crippen molar-refractivity contribution < 1.29 is 9.72 Å². The molecule has 2 N–H and O–H groups in total. The Labute approximate surface area is 169 Å². The van der Waals surface area contributed by atoms with Gasteiger partial charge in [0.1, 0.15) is 11.2 Å². The van der Waals surface area contributed by atoms with Crippen molar-refractivity contribution in [1.29, 1.82) is 0 Å². The molecule has 0 aliphatic rings. The van der Waals surface area contributed by atoms with E-state index in [1.165, 1.54) is 6.07 Å². The van der Waals surface area contributed by atoms with Gasteiger partial charge in [0.15, 0.2) is 0 Å². The van der Waals surface area contributed by atoms with E-state index in [4.69, 9.17) is 0 Å². The second kappa shape index (κ2) is 8.19. The van der Waals surface area contributed by atoms with Gasteiger partial charge in [0.2, 0.25) is 0 Å². The predicted molar refractivity (Wildman–Crippen MR) is 111 cm³/mol. The van der Waals surface area contributed by atoms with Gasteiger partial charge in [0, 0.05) is 47.8 Å². The molecule has 146 valence electrons. The van der Waals surface area contributed by atoms with E-state index in [1.54, 1.807) is 41.9 Å². The van der Waals surface area contributed by atoms with E-state index in [-0.39, 0.29) is 11.6 Å². The fourth-order valence-corrected chi connectivity index (χ4v) is 3.88. The number of non-ortho nitro benzene ring substituents is 1. The van der Waals surface area contributed by atoms with E-state index in [2.05, 4.69) is 20.3 Å². The number of amides is 1. The lowest BCUT2D eigenvalue weighted by molar-refractivity contribution is -0.383. The predicted octanol–water partition coefficient (Wildman–Crippen LogP) is 3.96. The van der Waals surface area contributed by atoms with Crippen molar-refractivity contribution in [2.75, 3.05) is 6.54 Å². The second-order valence-electron chi connectivity index (χ2n) is 6.40. The summed E-state index contributed by atoms with van der Waals surface area (Å²) in [7, 11) is 0. The largest absolute Gasteiger partial charge is 0.351 e. The number of thiazole rings is 1. The number of hydrogen-bond acceptors (Lipinski definition) is 6. The summed E-state index contributed by atoms with van der Waals surface area (Å²) in [4.78, 5) is 34.5. The van der Waals surface area contributed by atoms with Crippen molar-refractivity contribution in [3.8, 4) is 11.3 Å². The van der Waals surface area contributed by atoms with E-state index in [1.807, 2.05) is 17.5 Å². The van der Waals surface area contributed by atoms with Gasteiger partial charge in [-0.2, -0.15) is 0 Å². The molecule has 0 bridgehead atoms. The number of aromatic amines is 1. The van der Waals surface area contributed by atoms with Crippen LogP contribution in [0.1, 0.15) is 21.9 Å². The summed E-state index contributed by atoms with van der Waals surface area (Å²) in [5.74, 6) is -0.285. The number of H-pyrrole nitrogens is 1. The van der Waals surface area contributed by atoms with Crippen LogP contribution in [0.5, 0.6) is 0 Å². The lowest BCUT2D eigenvalue weighted by Gasteiger charge is -2.02. The first-order valence-corrected chi connectivity index (χ1v) is 9.89. The van der Waals surface area contributed by atoms with Crippen LogP contribution in [0.4, 0.5) is 5.69 Å². The molecule has 0 aliphatic carbocycles. The summed E-state index contributed by atoms with van der Waals surface area (Å²) in [5.41, 5.74) is 2.58. The molecular formula is C20H17N5O3S. The lowest BCUT2D eigenvalue weighted by atomic mass is 10.2. The van der Waals surface area contributed by atoms with Crippen LogP contribution < -0.4 is 5.32 Å². The van der Waals surface area contributed by atoms with Crippen LogP contribution in [0.3, 0.4) is 0 Å². The smallest absolute Gasteiger partial charge is 0.293 e. The summed E-state index contributed by atoms with van der Waals surface area (Å²) < 4.78 is 0. The number of nitro benzene ring substituents is 1. The zero-order valence-electron chi connectivity index (χ0n) is 15.3. The Morgan fingerprint density at radius 2 is 2.07 bits per heavy atom. The van der Waals surface area contributed by atoms with Gasteiger partial charge in [-0.1, -0.05) is 12.1 Å². The number of benzene rings is 1. The number of carbonyl (C=O) groups is 1. The molecule has 8 nitrogen and oxygen atoms in total. The zero-order valence-corrected chi connectivity index (χ0v) is 16.1. The Bertz CT molecular complexity index is 1170. The lowest BCUT2D eigenvalue weighted by Crippen LogP contribution is -2.25. The maximum atomic E-state index is 12.4. The van der Waals surface area contributed by atoms with E-state index in [0.29, 0.717) is 23.1 Å².